The van der Waals surface area contributed by atoms with Gasteiger partial charge in [0.2, 0.25) is 0 Å². The van der Waals surface area contributed by atoms with Crippen molar-refractivity contribution in [3.05, 3.63) is 52.0 Å². The summed E-state index contributed by atoms with van der Waals surface area (Å²) in [5.74, 6) is 0.387. The lowest BCUT2D eigenvalue weighted by Crippen LogP contribution is -2.02. The summed E-state index contributed by atoms with van der Waals surface area (Å²) in [5, 5.41) is 23.0. The number of nitrogens with one attached hydrogen (secondary N) is 1. The number of phenols is 2. The van der Waals surface area contributed by atoms with Crippen LogP contribution in [0.25, 0.3) is 0 Å². The lowest BCUT2D eigenvalue weighted by Gasteiger charge is -2.13. The van der Waals surface area contributed by atoms with Crippen LogP contribution in [0.4, 0.5) is 5.69 Å². The molecule has 0 aromatic heterocycles. The van der Waals surface area contributed by atoms with Crippen molar-refractivity contribution in [1.82, 2.24) is 0 Å². The molecule has 3 nitrogen and oxygen atoms in total. The van der Waals surface area contributed by atoms with Gasteiger partial charge in [-0.25, -0.2) is 0 Å². The Bertz CT molecular complexity index is 611. The number of para-hydroxylation sites is 1. The van der Waals surface area contributed by atoms with Crippen LogP contribution in [0.1, 0.15) is 16.7 Å². The smallest absolute Gasteiger partial charge is 0.139 e. The highest BCUT2D eigenvalue weighted by atomic mass is 35.5. The van der Waals surface area contributed by atoms with E-state index >= 15 is 0 Å². The summed E-state index contributed by atoms with van der Waals surface area (Å²) in [5.41, 5.74) is 3.42. The van der Waals surface area contributed by atoms with Crippen molar-refractivity contribution in [2.24, 2.45) is 0 Å². The van der Waals surface area contributed by atoms with Crippen molar-refractivity contribution in [3.8, 4) is 11.5 Å². The second kappa shape index (κ2) is 5.41. The van der Waals surface area contributed by atoms with E-state index in [2.05, 4.69) is 5.32 Å². The Kier molecular flexibility index (Phi) is 3.86. The zero-order valence-corrected chi connectivity index (χ0v) is 11.6. The molecule has 0 saturated carbocycles. The van der Waals surface area contributed by atoms with Crippen molar-refractivity contribution < 1.29 is 10.2 Å². The SMILES string of the molecule is Cc1cc(NCc2cccc(Cl)c2O)c(C)cc1O. The number of aryl methyl sites for hydroxylation is 2. The van der Waals surface area contributed by atoms with Crippen molar-refractivity contribution in [3.63, 3.8) is 0 Å². The minimum Gasteiger partial charge on any atom is -0.508 e. The van der Waals surface area contributed by atoms with Crippen LogP contribution in [0.15, 0.2) is 30.3 Å². The minimum absolute atomic E-state index is 0.102. The Balaban J connectivity index is 2.19. The molecule has 0 spiro atoms. The fourth-order valence-corrected chi connectivity index (χ4v) is 2.08. The van der Waals surface area contributed by atoms with Gasteiger partial charge >= 0.3 is 0 Å². The third-order valence-corrected chi connectivity index (χ3v) is 3.39. The third kappa shape index (κ3) is 2.93. The largest absolute Gasteiger partial charge is 0.508 e. The third-order valence-electron chi connectivity index (χ3n) is 3.08. The first kappa shape index (κ1) is 13.6. The van der Waals surface area contributed by atoms with Crippen LogP contribution in [0.3, 0.4) is 0 Å². The van der Waals surface area contributed by atoms with Gasteiger partial charge in [0.05, 0.1) is 5.02 Å². The van der Waals surface area contributed by atoms with Crippen molar-refractivity contribution in [1.29, 1.82) is 0 Å². The van der Waals surface area contributed by atoms with Gasteiger partial charge in [0.15, 0.2) is 0 Å². The molecular formula is C15H16ClNO2. The molecule has 0 bridgehead atoms. The van der Waals surface area contributed by atoms with E-state index in [0.717, 1.165) is 22.4 Å². The fourth-order valence-electron chi connectivity index (χ4n) is 1.88. The molecule has 2 aromatic rings. The molecule has 4 heteroatoms. The quantitative estimate of drug-likeness (QED) is 0.744. The average Bonchev–Trinajstić information content (AvgIpc) is 2.37. The molecule has 100 valence electrons. The van der Waals surface area contributed by atoms with Crippen LogP contribution in [-0.4, -0.2) is 10.2 Å². The molecule has 0 radical (unpaired) electrons. The van der Waals surface area contributed by atoms with Crippen LogP contribution in [0.2, 0.25) is 5.02 Å². The molecular weight excluding hydrogens is 262 g/mol. The van der Waals surface area contributed by atoms with E-state index in [-0.39, 0.29) is 11.5 Å². The van der Waals surface area contributed by atoms with Gasteiger partial charge < -0.3 is 15.5 Å². The number of hydrogen-bond acceptors (Lipinski definition) is 3. The van der Waals surface area contributed by atoms with Gasteiger partial charge in [-0.2, -0.15) is 0 Å². The van der Waals surface area contributed by atoms with Crippen LogP contribution in [0, 0.1) is 13.8 Å². The Morgan fingerprint density at radius 2 is 1.84 bits per heavy atom. The molecule has 0 aliphatic rings. The minimum atomic E-state index is 0.102. The number of benzene rings is 2. The van der Waals surface area contributed by atoms with Crippen LogP contribution in [-0.2, 0) is 6.54 Å². The van der Waals surface area contributed by atoms with Crippen LogP contribution < -0.4 is 5.32 Å². The molecule has 0 aliphatic heterocycles. The number of halogens is 1. The highest BCUT2D eigenvalue weighted by Gasteiger charge is 2.07. The Morgan fingerprint density at radius 3 is 2.58 bits per heavy atom. The number of rotatable bonds is 3. The van der Waals surface area contributed by atoms with Gasteiger partial charge in [-0.05, 0) is 43.2 Å². The summed E-state index contributed by atoms with van der Waals surface area (Å²) in [6, 6.07) is 8.86. The predicted molar refractivity (Wildman–Crippen MR) is 78.0 cm³/mol. The number of hydrogen-bond donors (Lipinski definition) is 3. The molecule has 2 aromatic carbocycles. The molecule has 19 heavy (non-hydrogen) atoms. The van der Waals surface area contributed by atoms with E-state index in [0.29, 0.717) is 11.6 Å². The predicted octanol–water partition coefficient (Wildman–Crippen LogP) is 3.98. The summed E-state index contributed by atoms with van der Waals surface area (Å²) >= 11 is 5.86. The molecule has 0 unspecified atom stereocenters. The van der Waals surface area contributed by atoms with Crippen LogP contribution >= 0.6 is 11.6 Å². The zero-order chi connectivity index (χ0) is 14.0. The summed E-state index contributed by atoms with van der Waals surface area (Å²) in [6.45, 7) is 4.23. The maximum absolute atomic E-state index is 9.83. The summed E-state index contributed by atoms with van der Waals surface area (Å²) in [4.78, 5) is 0. The van der Waals surface area contributed by atoms with Gasteiger partial charge in [0.25, 0.3) is 0 Å². The van der Waals surface area contributed by atoms with Crippen molar-refractivity contribution >= 4 is 17.3 Å². The Morgan fingerprint density at radius 1 is 1.11 bits per heavy atom. The van der Waals surface area contributed by atoms with Crippen molar-refractivity contribution in [2.75, 3.05) is 5.32 Å². The van der Waals surface area contributed by atoms with Crippen molar-refractivity contribution in [2.45, 2.75) is 20.4 Å². The maximum atomic E-state index is 9.83. The van der Waals surface area contributed by atoms with E-state index in [1.165, 1.54) is 0 Å². The van der Waals surface area contributed by atoms with E-state index in [9.17, 15) is 10.2 Å². The average molecular weight is 278 g/mol. The van der Waals surface area contributed by atoms with Gasteiger partial charge in [-0.3, -0.25) is 0 Å². The highest BCUT2D eigenvalue weighted by molar-refractivity contribution is 6.32. The molecule has 0 saturated heterocycles. The molecule has 0 aliphatic carbocycles. The first-order valence-electron chi connectivity index (χ1n) is 5.99. The topological polar surface area (TPSA) is 52.5 Å². The highest BCUT2D eigenvalue weighted by Crippen LogP contribution is 2.29. The van der Waals surface area contributed by atoms with E-state index in [4.69, 9.17) is 11.6 Å². The van der Waals surface area contributed by atoms with Gasteiger partial charge in [0.1, 0.15) is 11.5 Å². The lowest BCUT2D eigenvalue weighted by molar-refractivity contribution is 0.469. The molecule has 0 atom stereocenters. The normalized spacial score (nSPS) is 10.5. The molecule has 0 amide bonds. The Labute approximate surface area is 117 Å². The fraction of sp³-hybridized carbons (Fsp3) is 0.200. The van der Waals surface area contributed by atoms with Gasteiger partial charge in [-0.15, -0.1) is 0 Å². The van der Waals surface area contributed by atoms with Gasteiger partial charge in [-0.1, -0.05) is 23.7 Å². The molecule has 2 rings (SSSR count). The molecule has 0 heterocycles. The second-order valence-electron chi connectivity index (χ2n) is 4.55. The van der Waals surface area contributed by atoms with E-state index in [1.54, 1.807) is 18.2 Å². The second-order valence-corrected chi connectivity index (χ2v) is 4.96. The number of anilines is 1. The zero-order valence-electron chi connectivity index (χ0n) is 10.9. The standard InChI is InChI=1S/C15H16ClNO2/c1-9-7-14(18)10(2)6-13(9)17-8-11-4-3-5-12(16)15(11)19/h3-7,17-19H,8H2,1-2H3. The number of phenolic OH excluding ortho intramolecular Hbond substituents is 2. The summed E-state index contributed by atoms with van der Waals surface area (Å²) in [6.07, 6.45) is 0. The summed E-state index contributed by atoms with van der Waals surface area (Å²) < 4.78 is 0. The monoisotopic (exact) mass is 277 g/mol. The molecule has 0 fully saturated rings. The first-order valence-corrected chi connectivity index (χ1v) is 6.37. The molecule has 3 N–H and O–H groups in total. The van der Waals surface area contributed by atoms with E-state index in [1.807, 2.05) is 26.0 Å². The lowest BCUT2D eigenvalue weighted by atomic mass is 10.1. The summed E-state index contributed by atoms with van der Waals surface area (Å²) in [7, 11) is 0. The van der Waals surface area contributed by atoms with Gasteiger partial charge in [0, 0.05) is 17.8 Å². The Hall–Kier alpha value is -1.87. The van der Waals surface area contributed by atoms with E-state index < -0.39 is 0 Å². The maximum Gasteiger partial charge on any atom is 0.139 e. The first-order chi connectivity index (χ1) is 8.99. The van der Waals surface area contributed by atoms with Crippen LogP contribution in [0.5, 0.6) is 11.5 Å². The number of aromatic hydroxyl groups is 2.